The van der Waals surface area contributed by atoms with Gasteiger partial charge in [-0.2, -0.15) is 5.26 Å². The summed E-state index contributed by atoms with van der Waals surface area (Å²) >= 11 is 5.91. The van der Waals surface area contributed by atoms with E-state index in [2.05, 4.69) is 11.4 Å². The summed E-state index contributed by atoms with van der Waals surface area (Å²) in [6, 6.07) is 14.5. The summed E-state index contributed by atoms with van der Waals surface area (Å²) in [6.45, 7) is 0.981. The van der Waals surface area contributed by atoms with E-state index in [1.54, 1.807) is 24.3 Å². The number of rotatable bonds is 5. The number of benzene rings is 2. The zero-order valence-corrected chi connectivity index (χ0v) is 11.5. The molecule has 0 atom stereocenters. The molecule has 0 unspecified atom stereocenters. The fourth-order valence-electron chi connectivity index (χ4n) is 1.72. The van der Waals surface area contributed by atoms with Gasteiger partial charge in [0.1, 0.15) is 18.4 Å². The smallest absolute Gasteiger partial charge is 0.142 e. The van der Waals surface area contributed by atoms with Crippen LogP contribution in [0.4, 0.5) is 11.4 Å². The van der Waals surface area contributed by atoms with Gasteiger partial charge < -0.3 is 15.8 Å². The molecule has 0 heterocycles. The maximum atomic E-state index is 9.00. The lowest BCUT2D eigenvalue weighted by Gasteiger charge is -2.11. The summed E-state index contributed by atoms with van der Waals surface area (Å²) in [6.07, 6.45) is 0. The Morgan fingerprint density at radius 3 is 2.80 bits per heavy atom. The summed E-state index contributed by atoms with van der Waals surface area (Å²) < 4.78 is 5.56. The van der Waals surface area contributed by atoms with Crippen molar-refractivity contribution in [2.75, 3.05) is 24.2 Å². The van der Waals surface area contributed by atoms with Crippen molar-refractivity contribution in [3.05, 3.63) is 53.1 Å². The fourth-order valence-corrected chi connectivity index (χ4v) is 1.89. The van der Waals surface area contributed by atoms with E-state index in [1.807, 2.05) is 18.2 Å². The Morgan fingerprint density at radius 2 is 2.05 bits per heavy atom. The van der Waals surface area contributed by atoms with E-state index < -0.39 is 0 Å². The van der Waals surface area contributed by atoms with E-state index in [0.717, 1.165) is 0 Å². The van der Waals surface area contributed by atoms with Crippen molar-refractivity contribution in [2.24, 2.45) is 0 Å². The van der Waals surface area contributed by atoms with Gasteiger partial charge in [-0.3, -0.25) is 0 Å². The summed E-state index contributed by atoms with van der Waals surface area (Å²) in [4.78, 5) is 0. The largest absolute Gasteiger partial charge is 0.490 e. The molecule has 20 heavy (non-hydrogen) atoms. The van der Waals surface area contributed by atoms with Crippen LogP contribution in [0.25, 0.3) is 0 Å². The molecule has 0 bridgehead atoms. The van der Waals surface area contributed by atoms with Crippen LogP contribution < -0.4 is 15.8 Å². The van der Waals surface area contributed by atoms with Gasteiger partial charge in [0.15, 0.2) is 0 Å². The van der Waals surface area contributed by atoms with Gasteiger partial charge in [0.25, 0.3) is 0 Å². The summed E-state index contributed by atoms with van der Waals surface area (Å²) in [7, 11) is 0. The Bertz CT molecular complexity index is 637. The number of nitrogens with zero attached hydrogens (tertiary/aromatic N) is 1. The number of hydrogen-bond acceptors (Lipinski definition) is 4. The lowest BCUT2D eigenvalue weighted by atomic mass is 10.2. The highest BCUT2D eigenvalue weighted by Crippen LogP contribution is 2.21. The number of nitrogens with two attached hydrogens (primary N) is 1. The van der Waals surface area contributed by atoms with Crippen LogP contribution in [0.1, 0.15) is 5.56 Å². The minimum atomic E-state index is 0.436. The van der Waals surface area contributed by atoms with Crippen LogP contribution in [0.2, 0.25) is 5.02 Å². The fraction of sp³-hybridized carbons (Fsp3) is 0.133. The second-order valence-corrected chi connectivity index (χ2v) is 4.55. The zero-order chi connectivity index (χ0) is 14.4. The van der Waals surface area contributed by atoms with E-state index in [-0.39, 0.29) is 0 Å². The third kappa shape index (κ3) is 3.56. The van der Waals surface area contributed by atoms with Gasteiger partial charge in [-0.05, 0) is 30.3 Å². The van der Waals surface area contributed by atoms with Gasteiger partial charge in [0.2, 0.25) is 0 Å². The Morgan fingerprint density at radius 1 is 1.25 bits per heavy atom. The molecule has 2 aromatic rings. The van der Waals surface area contributed by atoms with Crippen molar-refractivity contribution in [2.45, 2.75) is 0 Å². The second kappa shape index (κ2) is 6.69. The normalized spacial score (nSPS) is 9.80. The van der Waals surface area contributed by atoms with Crippen molar-refractivity contribution in [1.29, 1.82) is 5.26 Å². The number of nitrogens with one attached hydrogen (secondary N) is 1. The van der Waals surface area contributed by atoms with Gasteiger partial charge in [0.05, 0.1) is 16.9 Å². The average Bonchev–Trinajstić information content (AvgIpc) is 2.45. The van der Waals surface area contributed by atoms with Gasteiger partial charge in [-0.15, -0.1) is 0 Å². The molecule has 0 saturated heterocycles. The van der Waals surface area contributed by atoms with Crippen LogP contribution >= 0.6 is 11.6 Å². The van der Waals surface area contributed by atoms with Crippen molar-refractivity contribution < 1.29 is 4.74 Å². The first kappa shape index (κ1) is 14.0. The maximum absolute atomic E-state index is 9.00. The molecule has 0 amide bonds. The molecule has 5 heteroatoms. The monoisotopic (exact) mass is 287 g/mol. The van der Waals surface area contributed by atoms with E-state index in [4.69, 9.17) is 27.3 Å². The van der Waals surface area contributed by atoms with Gasteiger partial charge >= 0.3 is 0 Å². The van der Waals surface area contributed by atoms with Crippen molar-refractivity contribution in [1.82, 2.24) is 0 Å². The lowest BCUT2D eigenvalue weighted by Crippen LogP contribution is -2.12. The Labute approximate surface area is 122 Å². The first-order valence-corrected chi connectivity index (χ1v) is 6.49. The topological polar surface area (TPSA) is 71.1 Å². The summed E-state index contributed by atoms with van der Waals surface area (Å²) in [5.74, 6) is 0.654. The number of halogens is 1. The average molecular weight is 288 g/mol. The number of para-hydroxylation sites is 2. The molecule has 0 aliphatic heterocycles. The van der Waals surface area contributed by atoms with E-state index in [1.165, 1.54) is 0 Å². The molecule has 0 aromatic heterocycles. The standard InChI is InChI=1S/C15H14ClN3O/c16-12-6-5-11(10-17)14(9-12)19-7-8-20-15-4-2-1-3-13(15)18/h1-6,9,19H,7-8,18H2. The number of anilines is 2. The predicted molar refractivity (Wildman–Crippen MR) is 81.0 cm³/mol. The molecule has 4 nitrogen and oxygen atoms in total. The number of ether oxygens (including phenoxy) is 1. The highest BCUT2D eigenvalue weighted by Gasteiger charge is 2.03. The van der Waals surface area contributed by atoms with Gasteiger partial charge in [0, 0.05) is 11.6 Å². The van der Waals surface area contributed by atoms with Crippen molar-refractivity contribution in [3.63, 3.8) is 0 Å². The second-order valence-electron chi connectivity index (χ2n) is 4.11. The van der Waals surface area contributed by atoms with E-state index in [9.17, 15) is 0 Å². The van der Waals surface area contributed by atoms with Crippen molar-refractivity contribution in [3.8, 4) is 11.8 Å². The third-order valence-electron chi connectivity index (χ3n) is 2.70. The molecule has 0 fully saturated rings. The number of nitriles is 1. The van der Waals surface area contributed by atoms with Crippen LogP contribution in [0, 0.1) is 11.3 Å². The Kier molecular flexibility index (Phi) is 4.70. The minimum absolute atomic E-state index is 0.436. The van der Waals surface area contributed by atoms with E-state index >= 15 is 0 Å². The first-order valence-electron chi connectivity index (χ1n) is 6.11. The molecule has 2 aromatic carbocycles. The molecule has 0 aliphatic rings. The van der Waals surface area contributed by atoms with Crippen LogP contribution in [0.15, 0.2) is 42.5 Å². The van der Waals surface area contributed by atoms with Crippen molar-refractivity contribution >= 4 is 23.0 Å². The summed E-state index contributed by atoms with van der Waals surface area (Å²) in [5, 5.41) is 12.7. The SMILES string of the molecule is N#Cc1ccc(Cl)cc1NCCOc1ccccc1N. The molecule has 102 valence electrons. The lowest BCUT2D eigenvalue weighted by molar-refractivity contribution is 0.334. The van der Waals surface area contributed by atoms with Crippen LogP contribution in [0.5, 0.6) is 5.75 Å². The van der Waals surface area contributed by atoms with E-state index in [0.29, 0.717) is 40.9 Å². The summed E-state index contributed by atoms with van der Waals surface area (Å²) in [5.41, 5.74) is 7.63. The highest BCUT2D eigenvalue weighted by molar-refractivity contribution is 6.30. The molecule has 3 N–H and O–H groups in total. The van der Waals surface area contributed by atoms with Crippen LogP contribution in [-0.4, -0.2) is 13.2 Å². The van der Waals surface area contributed by atoms with Crippen LogP contribution in [0.3, 0.4) is 0 Å². The van der Waals surface area contributed by atoms with Gasteiger partial charge in [-0.1, -0.05) is 23.7 Å². The molecule has 2 rings (SSSR count). The Hall–Kier alpha value is -2.38. The molecular weight excluding hydrogens is 274 g/mol. The minimum Gasteiger partial charge on any atom is -0.490 e. The highest BCUT2D eigenvalue weighted by atomic mass is 35.5. The number of nitrogen functional groups attached to an aromatic ring is 1. The third-order valence-corrected chi connectivity index (χ3v) is 2.93. The number of hydrogen-bond donors (Lipinski definition) is 2. The quantitative estimate of drug-likeness (QED) is 0.654. The zero-order valence-electron chi connectivity index (χ0n) is 10.8. The molecular formula is C15H14ClN3O. The van der Waals surface area contributed by atoms with Crippen LogP contribution in [-0.2, 0) is 0 Å². The first-order chi connectivity index (χ1) is 9.70. The maximum Gasteiger partial charge on any atom is 0.142 e. The van der Waals surface area contributed by atoms with Gasteiger partial charge in [-0.25, -0.2) is 0 Å². The predicted octanol–water partition coefficient (Wildman–Crippen LogP) is 3.28. The molecule has 0 radical (unpaired) electrons. The molecule has 0 saturated carbocycles. The molecule has 0 spiro atoms. The molecule has 0 aliphatic carbocycles. The Balaban J connectivity index is 1.89.